The van der Waals surface area contributed by atoms with Crippen LogP contribution in [0, 0.1) is 0 Å². The van der Waals surface area contributed by atoms with Crippen LogP contribution in [0.1, 0.15) is 0 Å². The largest absolute Gasteiger partial charge is 0.209 e. The van der Waals surface area contributed by atoms with Gasteiger partial charge in [-0.3, -0.25) is 0 Å². The van der Waals surface area contributed by atoms with Gasteiger partial charge >= 0.3 is 0 Å². The highest BCUT2D eigenvalue weighted by Crippen LogP contribution is 2.22. The van der Waals surface area contributed by atoms with Crippen LogP contribution in [-0.2, 0) is 0 Å². The van der Waals surface area contributed by atoms with Crippen molar-refractivity contribution in [2.45, 2.75) is 0 Å². The fraction of sp³-hybridized carbons (Fsp3) is 0. The van der Waals surface area contributed by atoms with Crippen LogP contribution >= 0.6 is 0 Å². The molecule has 0 N–H and O–H groups in total. The van der Waals surface area contributed by atoms with Crippen molar-refractivity contribution in [2.75, 3.05) is 0 Å². The van der Waals surface area contributed by atoms with Crippen molar-refractivity contribution >= 4 is 5.65 Å². The summed E-state index contributed by atoms with van der Waals surface area (Å²) in [4.78, 5) is 9.28. The van der Waals surface area contributed by atoms with Gasteiger partial charge in [0.25, 0.3) is 0 Å². The highest BCUT2D eigenvalue weighted by atomic mass is 15.3. The molecule has 0 fully saturated rings. The summed E-state index contributed by atoms with van der Waals surface area (Å²) in [6.07, 6.45) is 1.74. The van der Waals surface area contributed by atoms with Crippen molar-refractivity contribution < 1.29 is 0 Å². The van der Waals surface area contributed by atoms with Gasteiger partial charge in [0.2, 0.25) is 0 Å². The molecule has 4 nitrogen and oxygen atoms in total. The molecule has 2 aromatic heterocycles. The second-order valence-corrected chi connectivity index (χ2v) is 4.70. The zero-order chi connectivity index (χ0) is 14.1. The third-order valence-electron chi connectivity index (χ3n) is 3.32. The van der Waals surface area contributed by atoms with E-state index in [1.807, 2.05) is 66.7 Å². The molecule has 0 radical (unpaired) electrons. The second kappa shape index (κ2) is 4.83. The minimum Gasteiger partial charge on any atom is -0.209 e. The van der Waals surface area contributed by atoms with E-state index in [-0.39, 0.29) is 0 Å². The number of fused-ring (bicyclic) bond motifs is 1. The van der Waals surface area contributed by atoms with E-state index in [0.29, 0.717) is 5.82 Å². The van der Waals surface area contributed by atoms with E-state index >= 15 is 0 Å². The Bertz CT molecular complexity index is 882. The fourth-order valence-corrected chi connectivity index (χ4v) is 2.32. The van der Waals surface area contributed by atoms with E-state index in [1.165, 1.54) is 0 Å². The Hall–Kier alpha value is -3.01. The number of nitrogens with zero attached hydrogens (tertiary/aromatic N) is 4. The molecule has 4 rings (SSSR count). The maximum Gasteiger partial charge on any atom is 0.165 e. The summed E-state index contributed by atoms with van der Waals surface area (Å²) in [5.74, 6) is 1.51. The first-order valence-corrected chi connectivity index (χ1v) is 6.74. The summed E-state index contributed by atoms with van der Waals surface area (Å²) in [5, 5.41) is 4.32. The maximum atomic E-state index is 4.70. The zero-order valence-electron chi connectivity index (χ0n) is 11.2. The van der Waals surface area contributed by atoms with Gasteiger partial charge in [0.1, 0.15) is 0 Å². The van der Waals surface area contributed by atoms with Crippen LogP contribution in [0.2, 0.25) is 0 Å². The lowest BCUT2D eigenvalue weighted by atomic mass is 10.2. The Morgan fingerprint density at radius 1 is 0.667 bits per heavy atom. The second-order valence-electron chi connectivity index (χ2n) is 4.70. The average Bonchev–Trinajstić information content (AvgIpc) is 3.04. The summed E-state index contributed by atoms with van der Waals surface area (Å²) >= 11 is 0. The lowest BCUT2D eigenvalue weighted by Gasteiger charge is -2.07. The monoisotopic (exact) mass is 272 g/mol. The van der Waals surface area contributed by atoms with Crippen molar-refractivity contribution in [2.24, 2.45) is 0 Å². The van der Waals surface area contributed by atoms with Crippen LogP contribution in [0.4, 0.5) is 0 Å². The molecule has 0 spiro atoms. The molecule has 4 aromatic rings. The van der Waals surface area contributed by atoms with Crippen LogP contribution in [0.15, 0.2) is 72.9 Å². The summed E-state index contributed by atoms with van der Waals surface area (Å²) in [6, 6.07) is 21.9. The lowest BCUT2D eigenvalue weighted by molar-refractivity contribution is 0.907. The summed E-state index contributed by atoms with van der Waals surface area (Å²) in [6.45, 7) is 0. The number of hydrogen-bond donors (Lipinski definition) is 0. The number of aromatic nitrogens is 4. The first-order chi connectivity index (χ1) is 10.4. The summed E-state index contributed by atoms with van der Waals surface area (Å²) in [7, 11) is 0. The normalized spacial score (nSPS) is 10.9. The first kappa shape index (κ1) is 11.8. The Labute approximate surface area is 121 Å². The molecule has 2 aromatic carbocycles. The van der Waals surface area contributed by atoms with Gasteiger partial charge in [0.15, 0.2) is 17.3 Å². The molecule has 0 bridgehead atoms. The van der Waals surface area contributed by atoms with E-state index in [1.54, 1.807) is 10.7 Å². The molecule has 21 heavy (non-hydrogen) atoms. The Kier molecular flexibility index (Phi) is 2.71. The topological polar surface area (TPSA) is 43.1 Å². The molecule has 0 aliphatic heterocycles. The van der Waals surface area contributed by atoms with Gasteiger partial charge < -0.3 is 0 Å². The predicted octanol–water partition coefficient (Wildman–Crippen LogP) is 3.46. The number of rotatable bonds is 2. The van der Waals surface area contributed by atoms with Crippen molar-refractivity contribution in [1.29, 1.82) is 0 Å². The Balaban J connectivity index is 2.00. The molecule has 0 amide bonds. The van der Waals surface area contributed by atoms with Gasteiger partial charge in [0, 0.05) is 17.2 Å². The van der Waals surface area contributed by atoms with Crippen LogP contribution in [-0.4, -0.2) is 19.6 Å². The molecular weight excluding hydrogens is 260 g/mol. The Morgan fingerprint density at radius 2 is 1.33 bits per heavy atom. The van der Waals surface area contributed by atoms with Crippen molar-refractivity contribution in [1.82, 2.24) is 19.6 Å². The first-order valence-electron chi connectivity index (χ1n) is 6.74. The highest BCUT2D eigenvalue weighted by molar-refractivity contribution is 5.64. The van der Waals surface area contributed by atoms with Gasteiger partial charge in [0.05, 0.1) is 6.20 Å². The smallest absolute Gasteiger partial charge is 0.165 e. The highest BCUT2D eigenvalue weighted by Gasteiger charge is 2.11. The van der Waals surface area contributed by atoms with Gasteiger partial charge in [-0.15, -0.1) is 0 Å². The van der Waals surface area contributed by atoms with Gasteiger partial charge in [-0.05, 0) is 0 Å². The quantitative estimate of drug-likeness (QED) is 0.561. The van der Waals surface area contributed by atoms with Crippen LogP contribution in [0.3, 0.4) is 0 Å². The predicted molar refractivity (Wildman–Crippen MR) is 81.7 cm³/mol. The van der Waals surface area contributed by atoms with Crippen molar-refractivity contribution in [3.8, 4) is 22.8 Å². The standard InChI is InChI=1S/C17H12N4/c1-3-7-13(8-4-1)16-19-15-11-12-18-21(15)17(20-16)14-9-5-2-6-10-14/h1-12H. The third-order valence-corrected chi connectivity index (χ3v) is 3.32. The molecule has 0 saturated carbocycles. The van der Waals surface area contributed by atoms with E-state index in [2.05, 4.69) is 10.1 Å². The molecule has 100 valence electrons. The minimum atomic E-state index is 0.711. The van der Waals surface area contributed by atoms with Gasteiger partial charge in [-0.25, -0.2) is 9.97 Å². The molecule has 0 unspecified atom stereocenters. The lowest BCUT2D eigenvalue weighted by Crippen LogP contribution is -2.02. The van der Waals surface area contributed by atoms with Crippen LogP contribution in [0.25, 0.3) is 28.4 Å². The van der Waals surface area contributed by atoms with E-state index in [0.717, 1.165) is 22.6 Å². The molecule has 0 aliphatic carbocycles. The number of benzene rings is 2. The van der Waals surface area contributed by atoms with Crippen molar-refractivity contribution in [3.63, 3.8) is 0 Å². The SMILES string of the molecule is c1ccc(-c2nc(-c3ccccc3)n3nccc3n2)cc1. The zero-order valence-corrected chi connectivity index (χ0v) is 11.2. The van der Waals surface area contributed by atoms with E-state index in [4.69, 9.17) is 4.98 Å². The number of hydrogen-bond acceptors (Lipinski definition) is 3. The van der Waals surface area contributed by atoms with E-state index in [9.17, 15) is 0 Å². The molecule has 0 atom stereocenters. The molecule has 2 heterocycles. The average molecular weight is 272 g/mol. The minimum absolute atomic E-state index is 0.711. The van der Waals surface area contributed by atoms with Gasteiger partial charge in [-0.1, -0.05) is 60.7 Å². The maximum absolute atomic E-state index is 4.70. The van der Waals surface area contributed by atoms with Crippen LogP contribution < -0.4 is 0 Å². The van der Waals surface area contributed by atoms with E-state index < -0.39 is 0 Å². The van der Waals surface area contributed by atoms with Crippen LogP contribution in [0.5, 0.6) is 0 Å². The molecule has 4 heteroatoms. The fourth-order valence-electron chi connectivity index (χ4n) is 2.32. The summed E-state index contributed by atoms with van der Waals surface area (Å²) in [5.41, 5.74) is 2.81. The third kappa shape index (κ3) is 2.07. The molecular formula is C17H12N4. The summed E-state index contributed by atoms with van der Waals surface area (Å²) < 4.78 is 1.77. The molecule has 0 aliphatic rings. The van der Waals surface area contributed by atoms with Crippen molar-refractivity contribution in [3.05, 3.63) is 72.9 Å². The Morgan fingerprint density at radius 3 is 2.05 bits per heavy atom. The van der Waals surface area contributed by atoms with Gasteiger partial charge in [-0.2, -0.15) is 9.61 Å². The molecule has 0 saturated heterocycles.